The van der Waals surface area contributed by atoms with Gasteiger partial charge in [-0.2, -0.15) is 0 Å². The minimum atomic E-state index is -0.690. The van der Waals surface area contributed by atoms with E-state index in [4.69, 9.17) is 21.1 Å². The highest BCUT2D eigenvalue weighted by molar-refractivity contribution is 6.31. The first kappa shape index (κ1) is 24.3. The molecule has 1 aliphatic heterocycles. The third-order valence-corrected chi connectivity index (χ3v) is 5.42. The molecule has 0 saturated carbocycles. The molecule has 1 N–H and O–H groups in total. The Morgan fingerprint density at radius 1 is 1.15 bits per heavy atom. The van der Waals surface area contributed by atoms with Crippen molar-refractivity contribution in [2.45, 2.75) is 33.3 Å². The van der Waals surface area contributed by atoms with Gasteiger partial charge in [0.1, 0.15) is 0 Å². The number of benzene rings is 2. The largest absolute Gasteiger partial charge is 0.459 e. The lowest BCUT2D eigenvalue weighted by molar-refractivity contribution is -0.151. The van der Waals surface area contributed by atoms with Crippen LogP contribution in [0.2, 0.25) is 5.02 Å². The lowest BCUT2D eigenvalue weighted by Gasteiger charge is -2.17. The molecule has 1 saturated heterocycles. The number of nitrogens with one attached hydrogen (secondary N) is 1. The van der Waals surface area contributed by atoms with Crippen LogP contribution in [0.1, 0.15) is 36.2 Å². The summed E-state index contributed by atoms with van der Waals surface area (Å²) in [4.78, 5) is 50.3. The predicted molar refractivity (Wildman–Crippen MR) is 123 cm³/mol. The molecule has 1 fully saturated rings. The second-order valence-electron chi connectivity index (χ2n) is 8.03. The molecule has 33 heavy (non-hydrogen) atoms. The number of carbonyl (C=O) groups is 4. The minimum Gasteiger partial charge on any atom is -0.459 e. The van der Waals surface area contributed by atoms with Crippen LogP contribution in [0, 0.1) is 12.8 Å². The van der Waals surface area contributed by atoms with E-state index in [-0.39, 0.29) is 25.0 Å². The van der Waals surface area contributed by atoms with Gasteiger partial charge in [0.2, 0.25) is 5.91 Å². The van der Waals surface area contributed by atoms with Crippen molar-refractivity contribution in [1.82, 2.24) is 0 Å². The zero-order valence-electron chi connectivity index (χ0n) is 18.6. The summed E-state index contributed by atoms with van der Waals surface area (Å²) in [5.74, 6) is -2.51. The van der Waals surface area contributed by atoms with Crippen LogP contribution in [0.5, 0.6) is 0 Å². The fraction of sp³-hybridized carbons (Fsp3) is 0.333. The van der Waals surface area contributed by atoms with E-state index < -0.39 is 30.4 Å². The molecule has 0 radical (unpaired) electrons. The Hall–Kier alpha value is -3.39. The molecule has 1 heterocycles. The number of esters is 2. The normalized spacial score (nSPS) is 15.5. The molecule has 0 bridgehead atoms. The molecule has 2 amide bonds. The lowest BCUT2D eigenvalue weighted by Crippen LogP contribution is -2.28. The SMILES string of the molecule is Cc1ccc(NC(=O)COC(=O)[C@H]2CC(=O)N(c3ccc(C(=O)OC(C)C)cc3)C2)cc1Cl. The zero-order chi connectivity index (χ0) is 24.1. The summed E-state index contributed by atoms with van der Waals surface area (Å²) < 4.78 is 10.3. The topological polar surface area (TPSA) is 102 Å². The van der Waals surface area contributed by atoms with E-state index in [1.807, 2.05) is 6.92 Å². The van der Waals surface area contributed by atoms with Crippen molar-refractivity contribution in [1.29, 1.82) is 0 Å². The van der Waals surface area contributed by atoms with Crippen molar-refractivity contribution >= 4 is 46.7 Å². The molecule has 2 aromatic rings. The summed E-state index contributed by atoms with van der Waals surface area (Å²) in [6, 6.07) is 11.5. The summed E-state index contributed by atoms with van der Waals surface area (Å²) in [6.07, 6.45) is -0.258. The van der Waals surface area contributed by atoms with E-state index >= 15 is 0 Å². The number of hydrogen-bond acceptors (Lipinski definition) is 6. The van der Waals surface area contributed by atoms with E-state index in [0.717, 1.165) is 5.56 Å². The maximum atomic E-state index is 12.4. The van der Waals surface area contributed by atoms with Gasteiger partial charge in [0.25, 0.3) is 5.91 Å². The minimum absolute atomic E-state index is 0.0227. The molecule has 1 atom stereocenters. The van der Waals surface area contributed by atoms with Crippen LogP contribution in [0.4, 0.5) is 11.4 Å². The Kier molecular flexibility index (Phi) is 7.71. The third kappa shape index (κ3) is 6.32. The molecule has 0 unspecified atom stereocenters. The average Bonchev–Trinajstić information content (AvgIpc) is 3.16. The van der Waals surface area contributed by atoms with Crippen molar-refractivity contribution in [2.24, 2.45) is 5.92 Å². The first-order valence-electron chi connectivity index (χ1n) is 10.5. The van der Waals surface area contributed by atoms with Gasteiger partial charge < -0.3 is 19.7 Å². The van der Waals surface area contributed by atoms with Gasteiger partial charge in [0, 0.05) is 29.4 Å². The van der Waals surface area contributed by atoms with Gasteiger partial charge in [-0.1, -0.05) is 17.7 Å². The van der Waals surface area contributed by atoms with E-state index in [1.54, 1.807) is 56.3 Å². The molecule has 3 rings (SSSR count). The second kappa shape index (κ2) is 10.5. The maximum absolute atomic E-state index is 12.4. The van der Waals surface area contributed by atoms with Gasteiger partial charge in [0.15, 0.2) is 6.61 Å². The fourth-order valence-electron chi connectivity index (χ4n) is 3.30. The highest BCUT2D eigenvalue weighted by Gasteiger charge is 2.36. The second-order valence-corrected chi connectivity index (χ2v) is 8.43. The molecular weight excluding hydrogens is 448 g/mol. The molecule has 2 aromatic carbocycles. The Labute approximate surface area is 196 Å². The molecule has 8 nitrogen and oxygen atoms in total. The van der Waals surface area contributed by atoms with E-state index in [0.29, 0.717) is 22.0 Å². The molecular formula is C24H25ClN2O6. The highest BCUT2D eigenvalue weighted by Crippen LogP contribution is 2.26. The van der Waals surface area contributed by atoms with Crippen LogP contribution in [-0.4, -0.2) is 43.0 Å². The van der Waals surface area contributed by atoms with Crippen LogP contribution in [-0.2, 0) is 23.9 Å². The summed E-state index contributed by atoms with van der Waals surface area (Å²) in [5.41, 5.74) is 2.30. The monoisotopic (exact) mass is 472 g/mol. The van der Waals surface area contributed by atoms with Crippen molar-refractivity contribution in [3.8, 4) is 0 Å². The van der Waals surface area contributed by atoms with E-state index in [2.05, 4.69) is 5.32 Å². The number of aryl methyl sites for hydroxylation is 1. The standard InChI is InChI=1S/C24H25ClN2O6/c1-14(2)33-24(31)16-5-8-19(9-6-16)27-12-17(10-22(27)29)23(30)32-13-21(28)26-18-7-4-15(3)20(25)11-18/h4-9,11,14,17H,10,12-13H2,1-3H3,(H,26,28)/t17-/m0/s1. The number of hydrogen-bond donors (Lipinski definition) is 1. The molecule has 174 valence electrons. The average molecular weight is 473 g/mol. The number of anilines is 2. The van der Waals surface area contributed by atoms with Crippen LogP contribution in [0.3, 0.4) is 0 Å². The van der Waals surface area contributed by atoms with Gasteiger partial charge in [0.05, 0.1) is 17.6 Å². The molecule has 0 spiro atoms. The zero-order valence-corrected chi connectivity index (χ0v) is 19.3. The van der Waals surface area contributed by atoms with Crippen molar-refractivity contribution < 1.29 is 28.7 Å². The Morgan fingerprint density at radius 3 is 2.48 bits per heavy atom. The van der Waals surface area contributed by atoms with Gasteiger partial charge in [-0.3, -0.25) is 14.4 Å². The number of carbonyl (C=O) groups excluding carboxylic acids is 4. The van der Waals surface area contributed by atoms with Gasteiger partial charge in [-0.25, -0.2) is 4.79 Å². The Balaban J connectivity index is 1.52. The Morgan fingerprint density at radius 2 is 1.85 bits per heavy atom. The first-order valence-corrected chi connectivity index (χ1v) is 10.9. The first-order chi connectivity index (χ1) is 15.6. The summed E-state index contributed by atoms with van der Waals surface area (Å²) >= 11 is 6.04. The van der Waals surface area contributed by atoms with E-state index in [9.17, 15) is 19.2 Å². The van der Waals surface area contributed by atoms with Crippen LogP contribution in [0.15, 0.2) is 42.5 Å². The van der Waals surface area contributed by atoms with Gasteiger partial charge >= 0.3 is 11.9 Å². The van der Waals surface area contributed by atoms with Crippen LogP contribution >= 0.6 is 11.6 Å². The number of nitrogens with zero attached hydrogens (tertiary/aromatic N) is 1. The highest BCUT2D eigenvalue weighted by atomic mass is 35.5. The number of halogens is 1. The predicted octanol–water partition coefficient (Wildman–Crippen LogP) is 3.75. The third-order valence-electron chi connectivity index (χ3n) is 5.02. The molecule has 0 aromatic heterocycles. The summed E-state index contributed by atoms with van der Waals surface area (Å²) in [5, 5.41) is 3.12. The molecule has 0 aliphatic carbocycles. The van der Waals surface area contributed by atoms with E-state index in [1.165, 1.54) is 4.90 Å². The summed E-state index contributed by atoms with van der Waals surface area (Å²) in [6.45, 7) is 5.02. The lowest BCUT2D eigenvalue weighted by atomic mass is 10.1. The number of ether oxygens (including phenoxy) is 2. The van der Waals surface area contributed by atoms with Crippen molar-refractivity contribution in [2.75, 3.05) is 23.4 Å². The Bertz CT molecular complexity index is 1070. The fourth-order valence-corrected chi connectivity index (χ4v) is 3.48. The quantitative estimate of drug-likeness (QED) is 0.616. The molecule has 1 aliphatic rings. The van der Waals surface area contributed by atoms with Gasteiger partial charge in [-0.15, -0.1) is 0 Å². The summed E-state index contributed by atoms with van der Waals surface area (Å²) in [7, 11) is 0. The molecule has 9 heteroatoms. The van der Waals surface area contributed by atoms with Crippen molar-refractivity contribution in [3.63, 3.8) is 0 Å². The smallest absolute Gasteiger partial charge is 0.338 e. The maximum Gasteiger partial charge on any atom is 0.338 e. The van der Waals surface area contributed by atoms with Crippen molar-refractivity contribution in [3.05, 3.63) is 58.6 Å². The van der Waals surface area contributed by atoms with Gasteiger partial charge in [-0.05, 0) is 62.7 Å². The number of amides is 2. The van der Waals surface area contributed by atoms with Crippen LogP contribution in [0.25, 0.3) is 0 Å². The number of rotatable bonds is 7. The van der Waals surface area contributed by atoms with Crippen LogP contribution < -0.4 is 10.2 Å².